The fraction of sp³-hybridized carbons (Fsp3) is 0.684. The van der Waals surface area contributed by atoms with Crippen LogP contribution in [0.2, 0.25) is 0 Å². The third-order valence-corrected chi connectivity index (χ3v) is 4.62. The molecule has 156 valence electrons. The van der Waals surface area contributed by atoms with E-state index >= 15 is 0 Å². The van der Waals surface area contributed by atoms with Crippen LogP contribution in [0.25, 0.3) is 0 Å². The molecule has 1 rings (SSSR count). The second-order valence-corrected chi connectivity index (χ2v) is 7.50. The van der Waals surface area contributed by atoms with E-state index in [4.69, 9.17) is 13.9 Å². The number of unbranched alkanes of at least 4 members (excludes halogenated alkanes) is 3. The summed E-state index contributed by atoms with van der Waals surface area (Å²) in [5.74, 6) is -7.26. The predicted octanol–water partition coefficient (Wildman–Crippen LogP) is 4.54. The Labute approximate surface area is 161 Å². The molecule has 0 aliphatic heterocycles. The van der Waals surface area contributed by atoms with Crippen molar-refractivity contribution in [3.63, 3.8) is 0 Å². The Bertz CT molecular complexity index is 587. The summed E-state index contributed by atoms with van der Waals surface area (Å²) < 4.78 is 70.4. The Balaban J connectivity index is 2.49. The van der Waals surface area contributed by atoms with Gasteiger partial charge in [0.2, 0.25) is 0 Å². The molecule has 27 heavy (non-hydrogen) atoms. The minimum atomic E-state index is -1.77. The van der Waals surface area contributed by atoms with Crippen LogP contribution in [0, 0.1) is 23.3 Å². The molecule has 0 radical (unpaired) electrons. The third-order valence-electron chi connectivity index (χ3n) is 4.00. The third kappa shape index (κ3) is 7.52. The van der Waals surface area contributed by atoms with Crippen LogP contribution in [0.4, 0.5) is 17.6 Å². The number of ether oxygens (including phenoxy) is 2. The highest BCUT2D eigenvalue weighted by atomic mass is 28.2. The normalized spacial score (nSPS) is 12.5. The Morgan fingerprint density at radius 3 is 1.93 bits per heavy atom. The van der Waals surface area contributed by atoms with Crippen LogP contribution in [0.1, 0.15) is 65.4 Å². The molecule has 0 fully saturated rings. The van der Waals surface area contributed by atoms with Crippen LogP contribution in [-0.2, 0) is 20.3 Å². The highest BCUT2D eigenvalue weighted by Crippen LogP contribution is 2.26. The van der Waals surface area contributed by atoms with Crippen LogP contribution in [-0.4, -0.2) is 28.7 Å². The molecule has 0 atom stereocenters. The lowest BCUT2D eigenvalue weighted by Crippen LogP contribution is -2.42. The van der Waals surface area contributed by atoms with E-state index in [2.05, 4.69) is 0 Å². The molecule has 0 unspecified atom stereocenters. The number of aryl methyl sites for hydroxylation is 1. The molecule has 0 amide bonds. The van der Waals surface area contributed by atoms with Gasteiger partial charge in [0.15, 0.2) is 33.8 Å². The first-order chi connectivity index (χ1) is 12.6. The molecule has 1 aromatic rings. The van der Waals surface area contributed by atoms with Gasteiger partial charge in [-0.15, -0.1) is 0 Å². The second kappa shape index (κ2) is 11.1. The lowest BCUT2D eigenvalue weighted by atomic mass is 10.0. The minimum absolute atomic E-state index is 0.0519. The Hall–Kier alpha value is -0.963. The highest BCUT2D eigenvalue weighted by molar-refractivity contribution is 5.98. The zero-order chi connectivity index (χ0) is 20.6. The van der Waals surface area contributed by atoms with Gasteiger partial charge >= 0.3 is 0 Å². The summed E-state index contributed by atoms with van der Waals surface area (Å²) in [6.45, 7) is 7.64. The Kier molecular flexibility index (Phi) is 9.93. The van der Waals surface area contributed by atoms with E-state index in [0.717, 1.165) is 25.3 Å². The van der Waals surface area contributed by atoms with Crippen LogP contribution in [0.3, 0.4) is 0 Å². The van der Waals surface area contributed by atoms with Crippen LogP contribution >= 0.6 is 0 Å². The number of rotatable bonds is 12. The van der Waals surface area contributed by atoms with E-state index in [-0.39, 0.29) is 24.2 Å². The molecule has 1 aromatic carbocycles. The molecular weight excluding hydrogens is 380 g/mol. The largest absolute Gasteiger partial charge is 0.380 e. The molecule has 8 heteroatoms. The SMILES string of the molecule is CC(C)OC(CCCCCCc1cc(F)c(F)c(F)c1F)(O[SiH3])OC(C)C. The molecule has 3 nitrogen and oxygen atoms in total. The summed E-state index contributed by atoms with van der Waals surface area (Å²) in [6.07, 6.45) is 3.41. The van der Waals surface area contributed by atoms with Crippen LogP contribution < -0.4 is 0 Å². The maximum absolute atomic E-state index is 13.6. The first kappa shape index (κ1) is 24.1. The second-order valence-electron chi connectivity index (χ2n) is 7.09. The molecule has 0 spiro atoms. The summed E-state index contributed by atoms with van der Waals surface area (Å²) in [7, 11) is 0.463. The van der Waals surface area contributed by atoms with Crippen molar-refractivity contribution in [1.29, 1.82) is 0 Å². The fourth-order valence-electron chi connectivity index (χ4n) is 2.88. The maximum atomic E-state index is 13.6. The van der Waals surface area contributed by atoms with Gasteiger partial charge in [-0.25, -0.2) is 17.6 Å². The van der Waals surface area contributed by atoms with E-state index in [1.807, 2.05) is 27.7 Å². The lowest BCUT2D eigenvalue weighted by molar-refractivity contribution is -0.369. The van der Waals surface area contributed by atoms with Gasteiger partial charge in [0, 0.05) is 6.42 Å². The quantitative estimate of drug-likeness (QED) is 0.126. The van der Waals surface area contributed by atoms with E-state index in [1.54, 1.807) is 0 Å². The minimum Gasteiger partial charge on any atom is -0.380 e. The monoisotopic (exact) mass is 410 g/mol. The molecule has 0 saturated heterocycles. The van der Waals surface area contributed by atoms with Crippen molar-refractivity contribution >= 4 is 10.5 Å². The van der Waals surface area contributed by atoms with Crippen molar-refractivity contribution in [2.45, 2.75) is 84.4 Å². The van der Waals surface area contributed by atoms with Gasteiger partial charge in [0.1, 0.15) is 0 Å². The lowest BCUT2D eigenvalue weighted by Gasteiger charge is -2.36. The summed E-state index contributed by atoms with van der Waals surface area (Å²) in [5.41, 5.74) is -0.144. The Morgan fingerprint density at radius 2 is 1.41 bits per heavy atom. The fourth-order valence-corrected chi connectivity index (χ4v) is 3.27. The summed E-state index contributed by atoms with van der Waals surface area (Å²) in [5, 5.41) is 0. The molecule has 0 saturated carbocycles. The van der Waals surface area contributed by atoms with E-state index in [9.17, 15) is 17.6 Å². The maximum Gasteiger partial charge on any atom is 0.273 e. The first-order valence-corrected chi connectivity index (χ1v) is 10.2. The summed E-state index contributed by atoms with van der Waals surface area (Å²) >= 11 is 0. The van der Waals surface area contributed by atoms with Crippen LogP contribution in [0.15, 0.2) is 6.07 Å². The van der Waals surface area contributed by atoms with E-state index < -0.39 is 29.2 Å². The van der Waals surface area contributed by atoms with Gasteiger partial charge in [0.25, 0.3) is 5.97 Å². The number of hydrogen-bond acceptors (Lipinski definition) is 3. The van der Waals surface area contributed by atoms with Crippen molar-refractivity contribution < 1.29 is 31.5 Å². The molecule has 0 bridgehead atoms. The van der Waals surface area contributed by atoms with Crippen molar-refractivity contribution in [3.8, 4) is 0 Å². The van der Waals surface area contributed by atoms with Crippen molar-refractivity contribution in [2.75, 3.05) is 0 Å². The molecule has 0 heterocycles. The molecule has 0 aliphatic carbocycles. The van der Waals surface area contributed by atoms with Gasteiger partial charge in [0.05, 0.1) is 12.2 Å². The van der Waals surface area contributed by atoms with Crippen molar-refractivity contribution in [1.82, 2.24) is 0 Å². The zero-order valence-corrected chi connectivity index (χ0v) is 18.7. The molecule has 0 aromatic heterocycles. The molecule has 0 N–H and O–H groups in total. The standard InChI is InChI=1S/C19H30F4O3Si/c1-12(2)24-19(26-27,25-13(3)4)10-8-6-5-7-9-14-11-15(20)17(22)18(23)16(14)21/h11-13H,5-10H2,1-4,27H3. The number of halogens is 4. The van der Waals surface area contributed by atoms with Crippen molar-refractivity contribution in [3.05, 3.63) is 34.9 Å². The summed E-state index contributed by atoms with van der Waals surface area (Å²) in [6, 6.07) is 0.723. The van der Waals surface area contributed by atoms with Gasteiger partial charge in [-0.2, -0.15) is 0 Å². The number of benzene rings is 1. The molecule has 0 aliphatic rings. The summed E-state index contributed by atoms with van der Waals surface area (Å²) in [4.78, 5) is 0. The van der Waals surface area contributed by atoms with Gasteiger partial charge in [-0.05, 0) is 58.6 Å². The van der Waals surface area contributed by atoms with E-state index in [1.165, 1.54) is 0 Å². The van der Waals surface area contributed by atoms with Gasteiger partial charge in [-0.1, -0.05) is 12.8 Å². The molecular formula is C19H30F4O3Si. The van der Waals surface area contributed by atoms with Crippen molar-refractivity contribution in [2.24, 2.45) is 0 Å². The van der Waals surface area contributed by atoms with E-state index in [0.29, 0.717) is 23.3 Å². The highest BCUT2D eigenvalue weighted by Gasteiger charge is 2.33. The van der Waals surface area contributed by atoms with Gasteiger partial charge in [-0.3, -0.25) is 0 Å². The first-order valence-electron chi connectivity index (χ1n) is 9.34. The Morgan fingerprint density at radius 1 is 0.852 bits per heavy atom. The zero-order valence-electron chi connectivity index (χ0n) is 16.7. The average Bonchev–Trinajstić information content (AvgIpc) is 2.59. The van der Waals surface area contributed by atoms with Gasteiger partial charge < -0.3 is 13.9 Å². The topological polar surface area (TPSA) is 27.7 Å². The van der Waals surface area contributed by atoms with Crippen LogP contribution in [0.5, 0.6) is 0 Å². The average molecular weight is 411 g/mol. The number of hydrogen-bond donors (Lipinski definition) is 0. The smallest absolute Gasteiger partial charge is 0.273 e. The predicted molar refractivity (Wildman–Crippen MR) is 99.3 cm³/mol.